The number of carbonyl (C=O) groups excluding carboxylic acids is 2. The van der Waals surface area contributed by atoms with Gasteiger partial charge in [-0.05, 0) is 64.2 Å². The van der Waals surface area contributed by atoms with E-state index in [1.807, 2.05) is 0 Å². The van der Waals surface area contributed by atoms with Crippen LogP contribution in [0.3, 0.4) is 0 Å². The Balaban J connectivity index is 4.19. The molecule has 50 heavy (non-hydrogen) atoms. The van der Waals surface area contributed by atoms with Crippen LogP contribution in [0.4, 0.5) is 0 Å². The number of allylic oxidation sites excluding steroid dienone is 12. The van der Waals surface area contributed by atoms with Gasteiger partial charge in [0.25, 0.3) is 0 Å². The summed E-state index contributed by atoms with van der Waals surface area (Å²) < 4.78 is 17.0. The van der Waals surface area contributed by atoms with E-state index in [0.717, 1.165) is 83.5 Å². The van der Waals surface area contributed by atoms with Crippen molar-refractivity contribution in [1.82, 2.24) is 0 Å². The molecule has 0 rings (SSSR count). The van der Waals surface area contributed by atoms with Crippen molar-refractivity contribution in [2.75, 3.05) is 19.8 Å². The third kappa shape index (κ3) is 38.1. The first-order valence-electron chi connectivity index (χ1n) is 20.5. The molecule has 0 saturated heterocycles. The molecule has 286 valence electrons. The SMILES string of the molecule is CC/C=C\C/C=C\C/C=C\C/C=C\C/C=C\C/C=C\CCCOCC(COC(=O)CCCCCCCCCCC)OC(=O)CCCCCCC. The second kappa shape index (κ2) is 40.8. The number of rotatable bonds is 36. The predicted octanol–water partition coefficient (Wildman–Crippen LogP) is 13.2. The van der Waals surface area contributed by atoms with Crippen molar-refractivity contribution in [2.45, 2.75) is 181 Å². The monoisotopic (exact) mass is 697 g/mol. The average molecular weight is 697 g/mol. The molecule has 0 aromatic heterocycles. The Morgan fingerprint density at radius 2 is 0.880 bits per heavy atom. The molecule has 5 nitrogen and oxygen atoms in total. The molecule has 1 atom stereocenters. The zero-order valence-electron chi connectivity index (χ0n) is 32.6. The molecule has 0 aliphatic carbocycles. The van der Waals surface area contributed by atoms with Gasteiger partial charge < -0.3 is 14.2 Å². The first-order valence-corrected chi connectivity index (χ1v) is 20.5. The van der Waals surface area contributed by atoms with Crippen molar-refractivity contribution in [1.29, 1.82) is 0 Å². The third-order valence-corrected chi connectivity index (χ3v) is 8.26. The van der Waals surface area contributed by atoms with Crippen LogP contribution in [0.5, 0.6) is 0 Å². The first kappa shape index (κ1) is 47.3. The molecule has 0 aromatic carbocycles. The van der Waals surface area contributed by atoms with E-state index >= 15 is 0 Å². The lowest BCUT2D eigenvalue weighted by Gasteiger charge is -2.18. The minimum Gasteiger partial charge on any atom is -0.462 e. The van der Waals surface area contributed by atoms with Gasteiger partial charge in [-0.25, -0.2) is 0 Å². The number of hydrogen-bond donors (Lipinski definition) is 0. The van der Waals surface area contributed by atoms with Crippen LogP contribution in [0, 0.1) is 0 Å². The molecule has 0 saturated carbocycles. The van der Waals surface area contributed by atoms with Gasteiger partial charge in [0.1, 0.15) is 6.61 Å². The maximum Gasteiger partial charge on any atom is 0.306 e. The summed E-state index contributed by atoms with van der Waals surface area (Å²) in [6, 6.07) is 0. The molecule has 1 unspecified atom stereocenters. The lowest BCUT2D eigenvalue weighted by Crippen LogP contribution is -2.30. The Morgan fingerprint density at radius 1 is 0.460 bits per heavy atom. The van der Waals surface area contributed by atoms with Crippen LogP contribution in [0.15, 0.2) is 72.9 Å². The Labute approximate surface area is 308 Å². The summed E-state index contributed by atoms with van der Waals surface area (Å²) in [5.41, 5.74) is 0. The van der Waals surface area contributed by atoms with E-state index in [0.29, 0.717) is 19.4 Å². The predicted molar refractivity (Wildman–Crippen MR) is 214 cm³/mol. The first-order chi connectivity index (χ1) is 24.6. The van der Waals surface area contributed by atoms with Gasteiger partial charge >= 0.3 is 11.9 Å². The summed E-state index contributed by atoms with van der Waals surface area (Å²) in [5.74, 6) is -0.450. The number of esters is 2. The molecule has 0 amide bonds. The minimum absolute atomic E-state index is 0.0605. The highest BCUT2D eigenvalue weighted by Gasteiger charge is 2.17. The molecule has 0 radical (unpaired) electrons. The Morgan fingerprint density at radius 3 is 1.36 bits per heavy atom. The van der Waals surface area contributed by atoms with Crippen LogP contribution < -0.4 is 0 Å². The summed E-state index contributed by atoms with van der Waals surface area (Å²) in [6.07, 6.45) is 50.8. The molecule has 0 fully saturated rings. The third-order valence-electron chi connectivity index (χ3n) is 8.26. The molecular weight excluding hydrogens is 620 g/mol. The molecule has 0 aliphatic heterocycles. The smallest absolute Gasteiger partial charge is 0.306 e. The number of hydrogen-bond acceptors (Lipinski definition) is 5. The lowest BCUT2D eigenvalue weighted by atomic mass is 10.1. The van der Waals surface area contributed by atoms with Crippen LogP contribution >= 0.6 is 0 Å². The highest BCUT2D eigenvalue weighted by molar-refractivity contribution is 5.70. The van der Waals surface area contributed by atoms with Crippen LogP contribution in [0.25, 0.3) is 0 Å². The van der Waals surface area contributed by atoms with E-state index in [1.165, 1.54) is 57.8 Å². The maximum absolute atomic E-state index is 12.5. The fourth-order valence-electron chi connectivity index (χ4n) is 5.23. The van der Waals surface area contributed by atoms with E-state index in [-0.39, 0.29) is 25.2 Å². The molecule has 0 aromatic rings. The number of carbonyl (C=O) groups is 2. The van der Waals surface area contributed by atoms with Crippen molar-refractivity contribution in [3.63, 3.8) is 0 Å². The highest BCUT2D eigenvalue weighted by atomic mass is 16.6. The van der Waals surface area contributed by atoms with Gasteiger partial charge in [-0.3, -0.25) is 9.59 Å². The van der Waals surface area contributed by atoms with Crippen molar-refractivity contribution >= 4 is 11.9 Å². The van der Waals surface area contributed by atoms with E-state index in [1.54, 1.807) is 0 Å². The summed E-state index contributed by atoms with van der Waals surface area (Å²) in [7, 11) is 0. The van der Waals surface area contributed by atoms with Crippen LogP contribution in [0.1, 0.15) is 175 Å². The standard InChI is InChI=1S/C45H76O5/c1-4-7-10-13-15-17-18-19-20-21-22-23-24-25-26-27-29-31-34-37-40-48-41-43(50-45(47)39-36-32-12-9-6-3)42-49-44(46)38-35-33-30-28-16-14-11-8-5-2/h7,10,15,17,19-20,22-23,25-26,29,31,43H,4-6,8-9,11-14,16,18,21,24,27-28,30,32-42H2,1-3H3/b10-7-,17-15-,20-19-,23-22-,26-25-,31-29-. The average Bonchev–Trinajstić information content (AvgIpc) is 3.11. The molecule has 0 aliphatic rings. The molecule has 0 spiro atoms. The van der Waals surface area contributed by atoms with E-state index in [9.17, 15) is 9.59 Å². The lowest BCUT2D eigenvalue weighted by molar-refractivity contribution is -0.163. The second-order valence-electron chi connectivity index (χ2n) is 13.2. The van der Waals surface area contributed by atoms with Crippen molar-refractivity contribution in [3.8, 4) is 0 Å². The van der Waals surface area contributed by atoms with Gasteiger partial charge in [-0.15, -0.1) is 0 Å². The van der Waals surface area contributed by atoms with Gasteiger partial charge in [0.2, 0.25) is 0 Å². The minimum atomic E-state index is -0.559. The van der Waals surface area contributed by atoms with Gasteiger partial charge in [0.15, 0.2) is 6.10 Å². The molecule has 5 heteroatoms. The summed E-state index contributed by atoms with van der Waals surface area (Å²) >= 11 is 0. The maximum atomic E-state index is 12.5. The fraction of sp³-hybridized carbons (Fsp3) is 0.689. The van der Waals surface area contributed by atoms with E-state index in [4.69, 9.17) is 14.2 Å². The summed E-state index contributed by atoms with van der Waals surface area (Å²) in [5, 5.41) is 0. The van der Waals surface area contributed by atoms with E-state index < -0.39 is 6.10 Å². The largest absolute Gasteiger partial charge is 0.462 e. The Bertz CT molecular complexity index is 926. The van der Waals surface area contributed by atoms with Crippen molar-refractivity contribution in [3.05, 3.63) is 72.9 Å². The Hall–Kier alpha value is -2.66. The normalized spacial score (nSPS) is 12.9. The highest BCUT2D eigenvalue weighted by Crippen LogP contribution is 2.12. The number of unbranched alkanes of at least 4 members (excludes halogenated alkanes) is 13. The topological polar surface area (TPSA) is 61.8 Å². The van der Waals surface area contributed by atoms with Gasteiger partial charge in [-0.1, -0.05) is 171 Å². The van der Waals surface area contributed by atoms with Crippen LogP contribution in [-0.4, -0.2) is 37.9 Å². The zero-order valence-corrected chi connectivity index (χ0v) is 32.6. The summed E-state index contributed by atoms with van der Waals surface area (Å²) in [6.45, 7) is 7.46. The number of ether oxygens (including phenoxy) is 3. The van der Waals surface area contributed by atoms with Crippen LogP contribution in [-0.2, 0) is 23.8 Å². The van der Waals surface area contributed by atoms with Gasteiger partial charge in [0.05, 0.1) is 6.61 Å². The molecule has 0 bridgehead atoms. The van der Waals surface area contributed by atoms with Gasteiger partial charge in [-0.2, -0.15) is 0 Å². The summed E-state index contributed by atoms with van der Waals surface area (Å²) in [4.78, 5) is 24.8. The molecular formula is C45H76O5. The fourth-order valence-corrected chi connectivity index (χ4v) is 5.23. The van der Waals surface area contributed by atoms with Gasteiger partial charge in [0, 0.05) is 19.4 Å². The molecule has 0 N–H and O–H groups in total. The zero-order chi connectivity index (χ0) is 36.4. The van der Waals surface area contributed by atoms with Crippen molar-refractivity contribution in [2.24, 2.45) is 0 Å². The van der Waals surface area contributed by atoms with Crippen molar-refractivity contribution < 1.29 is 23.8 Å². The second-order valence-corrected chi connectivity index (χ2v) is 13.2. The van der Waals surface area contributed by atoms with E-state index in [2.05, 4.69) is 93.7 Å². The van der Waals surface area contributed by atoms with Crippen LogP contribution in [0.2, 0.25) is 0 Å². The quantitative estimate of drug-likeness (QED) is 0.0371. The molecule has 0 heterocycles. The Kier molecular flexibility index (Phi) is 38.6.